The second-order valence-electron chi connectivity index (χ2n) is 5.37. The van der Waals surface area contributed by atoms with Gasteiger partial charge < -0.3 is 15.0 Å². The molecule has 0 aromatic carbocycles. The number of aryl methyl sites for hydroxylation is 1. The third-order valence-electron chi connectivity index (χ3n) is 3.25. The van der Waals surface area contributed by atoms with E-state index in [1.54, 1.807) is 11.8 Å². The van der Waals surface area contributed by atoms with Gasteiger partial charge in [0, 0.05) is 17.8 Å². The van der Waals surface area contributed by atoms with E-state index in [1.807, 2.05) is 18.5 Å². The van der Waals surface area contributed by atoms with Gasteiger partial charge in [0.15, 0.2) is 5.16 Å². The molecule has 6 heteroatoms. The molecule has 0 radical (unpaired) electrons. The molecule has 0 aliphatic rings. The maximum Gasteiger partial charge on any atom is 0.191 e. The van der Waals surface area contributed by atoms with Gasteiger partial charge in [0.25, 0.3) is 0 Å². The van der Waals surface area contributed by atoms with Crippen molar-refractivity contribution in [3.63, 3.8) is 0 Å². The second kappa shape index (κ2) is 7.26. The highest BCUT2D eigenvalue weighted by atomic mass is 32.2. The standard InChI is InChI=1S/C13H26N4OS/c1-6-7-14-13(4,9-18)8-10(2)19-12-16-15-11(3)17(12)5/h10,14,18H,6-9H2,1-5H3. The lowest BCUT2D eigenvalue weighted by molar-refractivity contribution is 0.166. The number of aromatic nitrogens is 3. The molecule has 1 rings (SSSR count). The fraction of sp³-hybridized carbons (Fsp3) is 0.846. The molecule has 2 N–H and O–H groups in total. The van der Waals surface area contributed by atoms with Gasteiger partial charge in [0.1, 0.15) is 5.82 Å². The second-order valence-corrected chi connectivity index (χ2v) is 6.77. The summed E-state index contributed by atoms with van der Waals surface area (Å²) in [7, 11) is 1.98. The lowest BCUT2D eigenvalue weighted by atomic mass is 9.97. The van der Waals surface area contributed by atoms with Crippen LogP contribution in [0.3, 0.4) is 0 Å². The summed E-state index contributed by atoms with van der Waals surface area (Å²) in [4.78, 5) is 0. The number of aliphatic hydroxyl groups is 1. The molecule has 0 fully saturated rings. The summed E-state index contributed by atoms with van der Waals surface area (Å²) in [5, 5.41) is 22.5. The van der Waals surface area contributed by atoms with Crippen LogP contribution in [0.15, 0.2) is 5.16 Å². The van der Waals surface area contributed by atoms with Crippen LogP contribution in [0.4, 0.5) is 0 Å². The molecule has 1 heterocycles. The molecular weight excluding hydrogens is 260 g/mol. The Balaban J connectivity index is 2.58. The van der Waals surface area contributed by atoms with E-state index in [2.05, 4.69) is 36.3 Å². The number of nitrogens with zero attached hydrogens (tertiary/aromatic N) is 3. The number of aliphatic hydroxyl groups excluding tert-OH is 1. The Bertz CT molecular complexity index is 396. The predicted molar refractivity (Wildman–Crippen MR) is 79.5 cm³/mol. The van der Waals surface area contributed by atoms with Crippen molar-refractivity contribution in [2.24, 2.45) is 7.05 Å². The molecule has 1 aromatic rings. The van der Waals surface area contributed by atoms with Crippen LogP contribution in [-0.2, 0) is 7.05 Å². The third kappa shape index (κ3) is 4.78. The molecule has 0 aliphatic heterocycles. The van der Waals surface area contributed by atoms with Gasteiger partial charge in [-0.15, -0.1) is 10.2 Å². The average molecular weight is 286 g/mol. The lowest BCUT2D eigenvalue weighted by Crippen LogP contribution is -2.47. The first kappa shape index (κ1) is 16.5. The van der Waals surface area contributed by atoms with Crippen molar-refractivity contribution in [3.8, 4) is 0 Å². The van der Waals surface area contributed by atoms with E-state index in [0.717, 1.165) is 30.4 Å². The summed E-state index contributed by atoms with van der Waals surface area (Å²) in [6, 6.07) is 0. The van der Waals surface area contributed by atoms with Crippen molar-refractivity contribution in [1.82, 2.24) is 20.1 Å². The minimum Gasteiger partial charge on any atom is -0.394 e. The predicted octanol–water partition coefficient (Wildman–Crippen LogP) is 1.74. The van der Waals surface area contributed by atoms with Crippen LogP contribution in [0.1, 0.15) is 39.4 Å². The van der Waals surface area contributed by atoms with Gasteiger partial charge >= 0.3 is 0 Å². The highest BCUT2D eigenvalue weighted by molar-refractivity contribution is 7.99. The zero-order valence-corrected chi connectivity index (χ0v) is 13.4. The van der Waals surface area contributed by atoms with Crippen LogP contribution >= 0.6 is 11.8 Å². The van der Waals surface area contributed by atoms with Crippen molar-refractivity contribution < 1.29 is 5.11 Å². The smallest absolute Gasteiger partial charge is 0.191 e. The Kier molecular flexibility index (Phi) is 6.29. The first-order valence-electron chi connectivity index (χ1n) is 6.80. The van der Waals surface area contributed by atoms with Gasteiger partial charge in [-0.2, -0.15) is 0 Å². The molecule has 0 amide bonds. The van der Waals surface area contributed by atoms with E-state index in [-0.39, 0.29) is 12.1 Å². The Morgan fingerprint density at radius 1 is 1.47 bits per heavy atom. The van der Waals surface area contributed by atoms with Crippen LogP contribution in [-0.4, -0.2) is 43.8 Å². The Labute approximate surface area is 120 Å². The van der Waals surface area contributed by atoms with Gasteiger partial charge in [-0.1, -0.05) is 25.6 Å². The molecule has 110 valence electrons. The minimum atomic E-state index is -0.226. The number of hydrogen-bond acceptors (Lipinski definition) is 5. The molecule has 5 nitrogen and oxygen atoms in total. The van der Waals surface area contributed by atoms with Crippen LogP contribution in [0.2, 0.25) is 0 Å². The summed E-state index contributed by atoms with van der Waals surface area (Å²) in [5.74, 6) is 0.920. The largest absolute Gasteiger partial charge is 0.394 e. The van der Waals surface area contributed by atoms with Crippen LogP contribution in [0.25, 0.3) is 0 Å². The molecule has 2 atom stereocenters. The normalized spacial score (nSPS) is 16.3. The van der Waals surface area contributed by atoms with E-state index in [1.165, 1.54) is 0 Å². The number of hydrogen-bond donors (Lipinski definition) is 2. The van der Waals surface area contributed by atoms with E-state index in [4.69, 9.17) is 0 Å². The number of thioether (sulfide) groups is 1. The maximum atomic E-state index is 9.58. The Hall–Kier alpha value is -0.590. The van der Waals surface area contributed by atoms with Gasteiger partial charge in [-0.3, -0.25) is 0 Å². The molecular formula is C13H26N4OS. The van der Waals surface area contributed by atoms with Gasteiger partial charge in [0.2, 0.25) is 0 Å². The Morgan fingerprint density at radius 2 is 2.16 bits per heavy atom. The quantitative estimate of drug-likeness (QED) is 0.713. The van der Waals surface area contributed by atoms with Crippen LogP contribution < -0.4 is 5.32 Å². The van der Waals surface area contributed by atoms with Crippen LogP contribution in [0.5, 0.6) is 0 Å². The van der Waals surface area contributed by atoms with E-state index < -0.39 is 0 Å². The fourth-order valence-electron chi connectivity index (χ4n) is 1.97. The number of nitrogens with one attached hydrogen (secondary N) is 1. The molecule has 0 saturated heterocycles. The fourth-order valence-corrected chi connectivity index (χ4v) is 3.16. The molecule has 2 unspecified atom stereocenters. The highest BCUT2D eigenvalue weighted by Gasteiger charge is 2.26. The molecule has 1 aromatic heterocycles. The number of rotatable bonds is 8. The average Bonchev–Trinajstić information content (AvgIpc) is 2.68. The topological polar surface area (TPSA) is 63.0 Å². The molecule has 19 heavy (non-hydrogen) atoms. The van der Waals surface area contributed by atoms with Crippen molar-refractivity contribution >= 4 is 11.8 Å². The summed E-state index contributed by atoms with van der Waals surface area (Å²) in [6.45, 7) is 9.39. The van der Waals surface area contributed by atoms with Crippen molar-refractivity contribution in [1.29, 1.82) is 0 Å². The van der Waals surface area contributed by atoms with Gasteiger partial charge in [-0.25, -0.2) is 0 Å². The minimum absolute atomic E-state index is 0.149. The third-order valence-corrected chi connectivity index (χ3v) is 4.38. The van der Waals surface area contributed by atoms with Gasteiger partial charge in [-0.05, 0) is 33.2 Å². The molecule has 0 spiro atoms. The Morgan fingerprint density at radius 3 is 2.63 bits per heavy atom. The van der Waals surface area contributed by atoms with Crippen molar-refractivity contribution in [3.05, 3.63) is 5.82 Å². The first-order chi connectivity index (χ1) is 8.91. The molecule has 0 aliphatic carbocycles. The summed E-state index contributed by atoms with van der Waals surface area (Å²) < 4.78 is 2.00. The molecule has 0 saturated carbocycles. The summed E-state index contributed by atoms with van der Waals surface area (Å²) in [6.07, 6.45) is 1.96. The summed E-state index contributed by atoms with van der Waals surface area (Å²) in [5.41, 5.74) is -0.226. The highest BCUT2D eigenvalue weighted by Crippen LogP contribution is 2.27. The van der Waals surface area contributed by atoms with Gasteiger partial charge in [0.05, 0.1) is 6.61 Å². The first-order valence-corrected chi connectivity index (χ1v) is 7.68. The lowest BCUT2D eigenvalue weighted by Gasteiger charge is -2.31. The summed E-state index contributed by atoms with van der Waals surface area (Å²) >= 11 is 1.70. The zero-order chi connectivity index (χ0) is 14.5. The monoisotopic (exact) mass is 286 g/mol. The van der Waals surface area contributed by atoms with E-state index >= 15 is 0 Å². The SMILES string of the molecule is CCCNC(C)(CO)CC(C)Sc1nnc(C)n1C. The van der Waals surface area contributed by atoms with E-state index in [0.29, 0.717) is 5.25 Å². The van der Waals surface area contributed by atoms with E-state index in [9.17, 15) is 5.11 Å². The van der Waals surface area contributed by atoms with Crippen molar-refractivity contribution in [2.45, 2.75) is 56.5 Å². The van der Waals surface area contributed by atoms with Crippen molar-refractivity contribution in [2.75, 3.05) is 13.2 Å². The molecule has 0 bridgehead atoms. The zero-order valence-electron chi connectivity index (χ0n) is 12.6. The van der Waals surface area contributed by atoms with Crippen LogP contribution in [0, 0.1) is 6.92 Å². The maximum absolute atomic E-state index is 9.58.